The van der Waals surface area contributed by atoms with Crippen molar-refractivity contribution in [2.24, 2.45) is 17.3 Å². The van der Waals surface area contributed by atoms with Gasteiger partial charge in [-0.15, -0.1) is 0 Å². The number of piperidine rings is 1. The molecule has 1 aliphatic heterocycles. The second-order valence-corrected chi connectivity index (χ2v) is 9.61. The topological polar surface area (TPSA) is 29.5 Å². The van der Waals surface area contributed by atoms with Crippen molar-refractivity contribution in [3.05, 3.63) is 0 Å². The van der Waals surface area contributed by atoms with Crippen LogP contribution in [0.15, 0.2) is 0 Å². The number of rotatable bonds is 4. The SMILES string of the molecule is C[C@H]1C[C@@H](CC(=O)N2CCC(OC3CCCC3)CC2)CC(C)(C)C1. The van der Waals surface area contributed by atoms with Crippen LogP contribution < -0.4 is 0 Å². The van der Waals surface area contributed by atoms with Gasteiger partial charge in [-0.05, 0) is 62.2 Å². The quantitative estimate of drug-likeness (QED) is 0.739. The van der Waals surface area contributed by atoms with E-state index in [1.807, 2.05) is 0 Å². The van der Waals surface area contributed by atoms with Gasteiger partial charge in [0.05, 0.1) is 12.2 Å². The Labute approximate surface area is 148 Å². The van der Waals surface area contributed by atoms with Gasteiger partial charge in [0.15, 0.2) is 0 Å². The maximum Gasteiger partial charge on any atom is 0.222 e. The fraction of sp³-hybridized carbons (Fsp3) is 0.952. The first-order valence-corrected chi connectivity index (χ1v) is 10.3. The van der Waals surface area contributed by atoms with E-state index in [2.05, 4.69) is 25.7 Å². The van der Waals surface area contributed by atoms with E-state index in [0.717, 1.165) is 38.3 Å². The van der Waals surface area contributed by atoms with Crippen LogP contribution in [0.25, 0.3) is 0 Å². The number of carbonyl (C=O) groups excluding carboxylic acids is 1. The van der Waals surface area contributed by atoms with Crippen molar-refractivity contribution in [3.8, 4) is 0 Å². The molecular weight excluding hydrogens is 298 g/mol. The minimum Gasteiger partial charge on any atom is -0.375 e. The lowest BCUT2D eigenvalue weighted by Gasteiger charge is -2.40. The summed E-state index contributed by atoms with van der Waals surface area (Å²) in [7, 11) is 0. The van der Waals surface area contributed by atoms with Gasteiger partial charge in [-0.1, -0.05) is 33.6 Å². The third kappa shape index (κ3) is 4.97. The van der Waals surface area contributed by atoms with Gasteiger partial charge >= 0.3 is 0 Å². The molecule has 2 aliphatic carbocycles. The first-order chi connectivity index (χ1) is 11.4. The molecule has 1 heterocycles. The van der Waals surface area contributed by atoms with Gasteiger partial charge in [0.2, 0.25) is 5.91 Å². The van der Waals surface area contributed by atoms with E-state index in [4.69, 9.17) is 4.74 Å². The molecule has 0 aromatic carbocycles. The number of carbonyl (C=O) groups is 1. The molecule has 3 heteroatoms. The lowest BCUT2D eigenvalue weighted by Crippen LogP contribution is -2.42. The molecule has 0 unspecified atom stereocenters. The number of ether oxygens (including phenoxy) is 1. The van der Waals surface area contributed by atoms with Crippen LogP contribution in [0.1, 0.15) is 85.0 Å². The third-order valence-corrected chi connectivity index (χ3v) is 6.42. The fourth-order valence-corrected chi connectivity index (χ4v) is 5.61. The minimum atomic E-state index is 0.393. The van der Waals surface area contributed by atoms with Crippen molar-refractivity contribution < 1.29 is 9.53 Å². The summed E-state index contributed by atoms with van der Waals surface area (Å²) in [6, 6.07) is 0. The van der Waals surface area contributed by atoms with Crippen molar-refractivity contribution in [1.82, 2.24) is 4.90 Å². The summed E-state index contributed by atoms with van der Waals surface area (Å²) in [6.45, 7) is 8.89. The predicted octanol–water partition coefficient (Wildman–Crippen LogP) is 4.79. The molecule has 0 aromatic rings. The van der Waals surface area contributed by atoms with E-state index in [9.17, 15) is 4.79 Å². The Morgan fingerprint density at radius 1 is 1.04 bits per heavy atom. The third-order valence-electron chi connectivity index (χ3n) is 6.42. The Morgan fingerprint density at radius 2 is 1.67 bits per heavy atom. The second kappa shape index (κ2) is 7.76. The zero-order valence-electron chi connectivity index (χ0n) is 16.1. The average Bonchev–Trinajstić information content (AvgIpc) is 2.98. The van der Waals surface area contributed by atoms with Crippen LogP contribution >= 0.6 is 0 Å². The highest BCUT2D eigenvalue weighted by Crippen LogP contribution is 2.43. The molecule has 0 radical (unpaired) electrons. The van der Waals surface area contributed by atoms with Crippen LogP contribution in [0.2, 0.25) is 0 Å². The van der Waals surface area contributed by atoms with Crippen LogP contribution in [0.4, 0.5) is 0 Å². The summed E-state index contributed by atoms with van der Waals surface area (Å²) in [6.07, 6.45) is 12.6. The summed E-state index contributed by atoms with van der Waals surface area (Å²) < 4.78 is 6.23. The monoisotopic (exact) mass is 335 g/mol. The van der Waals surface area contributed by atoms with Gasteiger partial charge in [-0.25, -0.2) is 0 Å². The Balaban J connectivity index is 1.41. The molecule has 0 N–H and O–H groups in total. The minimum absolute atomic E-state index is 0.393. The van der Waals surface area contributed by atoms with Crippen LogP contribution in [-0.2, 0) is 9.53 Å². The summed E-state index contributed by atoms with van der Waals surface area (Å²) >= 11 is 0. The maximum absolute atomic E-state index is 12.7. The van der Waals surface area contributed by atoms with E-state index in [0.29, 0.717) is 29.4 Å². The summed E-state index contributed by atoms with van der Waals surface area (Å²) in [5.41, 5.74) is 0.407. The molecule has 2 saturated carbocycles. The number of amides is 1. The molecule has 3 fully saturated rings. The highest BCUT2D eigenvalue weighted by molar-refractivity contribution is 5.76. The second-order valence-electron chi connectivity index (χ2n) is 9.61. The van der Waals surface area contributed by atoms with E-state index >= 15 is 0 Å². The zero-order valence-corrected chi connectivity index (χ0v) is 16.1. The van der Waals surface area contributed by atoms with Crippen LogP contribution in [-0.4, -0.2) is 36.1 Å². The molecule has 24 heavy (non-hydrogen) atoms. The molecule has 3 nitrogen and oxygen atoms in total. The van der Waals surface area contributed by atoms with Gasteiger partial charge < -0.3 is 9.64 Å². The molecule has 3 rings (SSSR count). The largest absolute Gasteiger partial charge is 0.375 e. The lowest BCUT2D eigenvalue weighted by molar-refractivity contribution is -0.136. The van der Waals surface area contributed by atoms with Crippen molar-refractivity contribution >= 4 is 5.91 Å². The first-order valence-electron chi connectivity index (χ1n) is 10.3. The standard InChI is InChI=1S/C21H37NO2/c1-16-12-17(15-21(2,3)14-16)13-20(23)22-10-8-19(9-11-22)24-18-6-4-5-7-18/h16-19H,4-15H2,1-3H3/t16-,17-/m0/s1. The Hall–Kier alpha value is -0.570. The summed E-state index contributed by atoms with van der Waals surface area (Å²) in [5.74, 6) is 1.74. The first kappa shape index (κ1) is 18.2. The Kier molecular flexibility index (Phi) is 5.89. The molecule has 2 atom stereocenters. The molecule has 0 spiro atoms. The normalized spacial score (nSPS) is 32.2. The van der Waals surface area contributed by atoms with Gasteiger partial charge in [0, 0.05) is 19.5 Å². The van der Waals surface area contributed by atoms with Crippen molar-refractivity contribution in [1.29, 1.82) is 0 Å². The average molecular weight is 336 g/mol. The van der Waals surface area contributed by atoms with Crippen LogP contribution in [0.5, 0.6) is 0 Å². The number of nitrogens with zero attached hydrogens (tertiary/aromatic N) is 1. The number of likely N-dealkylation sites (tertiary alicyclic amines) is 1. The van der Waals surface area contributed by atoms with Gasteiger partial charge in [-0.3, -0.25) is 4.79 Å². The molecule has 0 aromatic heterocycles. The Bertz CT molecular complexity index is 420. The smallest absolute Gasteiger partial charge is 0.222 e. The van der Waals surface area contributed by atoms with Crippen LogP contribution in [0.3, 0.4) is 0 Å². The molecule has 1 saturated heterocycles. The Morgan fingerprint density at radius 3 is 2.29 bits per heavy atom. The number of hydrogen-bond acceptors (Lipinski definition) is 2. The summed E-state index contributed by atoms with van der Waals surface area (Å²) in [4.78, 5) is 14.8. The lowest BCUT2D eigenvalue weighted by atomic mass is 9.67. The zero-order chi connectivity index (χ0) is 17.2. The van der Waals surface area contributed by atoms with Gasteiger partial charge in [0.1, 0.15) is 0 Å². The molecular formula is C21H37NO2. The highest BCUT2D eigenvalue weighted by Gasteiger charge is 2.34. The number of hydrogen-bond donors (Lipinski definition) is 0. The van der Waals surface area contributed by atoms with Crippen molar-refractivity contribution in [3.63, 3.8) is 0 Å². The molecule has 138 valence electrons. The van der Waals surface area contributed by atoms with Crippen molar-refractivity contribution in [2.45, 2.75) is 97.2 Å². The fourth-order valence-electron chi connectivity index (χ4n) is 5.61. The van der Waals surface area contributed by atoms with Gasteiger partial charge in [-0.2, -0.15) is 0 Å². The van der Waals surface area contributed by atoms with E-state index in [1.54, 1.807) is 0 Å². The molecule has 3 aliphatic rings. The predicted molar refractivity (Wildman–Crippen MR) is 97.8 cm³/mol. The molecule has 1 amide bonds. The van der Waals surface area contributed by atoms with Crippen molar-refractivity contribution in [2.75, 3.05) is 13.1 Å². The summed E-state index contributed by atoms with van der Waals surface area (Å²) in [5, 5.41) is 0. The van der Waals surface area contributed by atoms with E-state index < -0.39 is 0 Å². The van der Waals surface area contributed by atoms with Gasteiger partial charge in [0.25, 0.3) is 0 Å². The maximum atomic E-state index is 12.7. The van der Waals surface area contributed by atoms with E-state index in [-0.39, 0.29) is 0 Å². The van der Waals surface area contributed by atoms with E-state index in [1.165, 1.54) is 44.9 Å². The highest BCUT2D eigenvalue weighted by atomic mass is 16.5. The van der Waals surface area contributed by atoms with Crippen LogP contribution in [0, 0.1) is 17.3 Å². The molecule has 0 bridgehead atoms.